The van der Waals surface area contributed by atoms with Gasteiger partial charge in [-0.1, -0.05) is 45.9 Å². The van der Waals surface area contributed by atoms with Crippen LogP contribution in [0.1, 0.15) is 71.1 Å². The van der Waals surface area contributed by atoms with E-state index in [1.54, 1.807) is 6.26 Å². The number of ether oxygens (including phenoxy) is 1. The molecule has 1 aromatic carbocycles. The first-order valence-corrected chi connectivity index (χ1v) is 16.0. The van der Waals surface area contributed by atoms with E-state index in [1.807, 2.05) is 37.3 Å². The Bertz CT molecular complexity index is 1260. The Morgan fingerprint density at radius 1 is 1.22 bits per heavy atom. The van der Waals surface area contributed by atoms with Crippen molar-refractivity contribution in [1.29, 1.82) is 0 Å². The number of carbonyl (C=O) groups is 2. The largest absolute Gasteiger partial charge is 0.468 e. The summed E-state index contributed by atoms with van der Waals surface area (Å²) in [6.45, 7) is 14.0. The third-order valence-electron chi connectivity index (χ3n) is 11.0. The zero-order chi connectivity index (χ0) is 29.4. The lowest BCUT2D eigenvalue weighted by Gasteiger charge is -2.61. The number of nitrogens with one attached hydrogen (secondary N) is 1. The molecular formula is C34H45NO5S. The molecule has 2 bridgehead atoms. The molecule has 222 valence electrons. The lowest BCUT2D eigenvalue weighted by Crippen LogP contribution is -2.63. The molecule has 3 aliphatic rings. The number of hydrogen-bond acceptors (Lipinski definition) is 7. The number of benzene rings is 1. The fourth-order valence-electron chi connectivity index (χ4n) is 8.32. The molecule has 41 heavy (non-hydrogen) atoms. The van der Waals surface area contributed by atoms with Crippen molar-refractivity contribution >= 4 is 23.5 Å². The Labute approximate surface area is 248 Å². The van der Waals surface area contributed by atoms with Gasteiger partial charge in [-0.15, -0.1) is 18.3 Å². The van der Waals surface area contributed by atoms with Crippen LogP contribution in [-0.4, -0.2) is 34.8 Å². The fourth-order valence-corrected chi connectivity index (χ4v) is 9.09. The molecule has 3 aliphatic carbocycles. The molecule has 2 aromatic rings. The minimum Gasteiger partial charge on any atom is -0.468 e. The standard InChI is InChI=1S/C34H45NO5S/c1-6-32(4)18-28(33(5)22(2)12-14-34(23(3)31(32)38)15-13-27(36)30(33)34)40-29(37)21-41-26-11-7-9-24(17-26)19-35-20-25-10-8-16-39-25/h6-11,16-17,22-23,28,30-31,35,38H,1,12-15,18-21H2,2-5H3/t22?,23-,28+,30?,31-,32+,33-,34?/m0/s1. The normalized spacial score (nSPS) is 36.7. The summed E-state index contributed by atoms with van der Waals surface area (Å²) < 4.78 is 11.8. The molecule has 1 heterocycles. The molecule has 3 saturated carbocycles. The molecule has 3 fully saturated rings. The van der Waals surface area contributed by atoms with E-state index < -0.39 is 23.0 Å². The minimum atomic E-state index is -0.661. The number of furan rings is 1. The maximum Gasteiger partial charge on any atom is 0.316 e. The van der Waals surface area contributed by atoms with Gasteiger partial charge in [-0.3, -0.25) is 9.59 Å². The highest BCUT2D eigenvalue weighted by Crippen LogP contribution is 2.68. The average molecular weight is 580 g/mol. The van der Waals surface area contributed by atoms with Gasteiger partial charge < -0.3 is 19.6 Å². The predicted octanol–water partition coefficient (Wildman–Crippen LogP) is 6.57. The Morgan fingerprint density at radius 2 is 2.02 bits per heavy atom. The first kappa shape index (κ1) is 30.1. The van der Waals surface area contributed by atoms with Gasteiger partial charge >= 0.3 is 5.97 Å². The number of hydrogen-bond donors (Lipinski definition) is 2. The van der Waals surface area contributed by atoms with Gasteiger partial charge in [0.1, 0.15) is 17.6 Å². The molecule has 3 unspecified atom stereocenters. The maximum atomic E-state index is 13.6. The van der Waals surface area contributed by atoms with E-state index in [4.69, 9.17) is 9.15 Å². The van der Waals surface area contributed by atoms with Crippen molar-refractivity contribution in [2.45, 2.75) is 90.0 Å². The molecule has 8 atom stereocenters. The second-order valence-corrected chi connectivity index (χ2v) is 14.2. The fraction of sp³-hybridized carbons (Fsp3) is 0.588. The summed E-state index contributed by atoms with van der Waals surface area (Å²) in [5.41, 5.74) is -0.270. The highest BCUT2D eigenvalue weighted by Gasteiger charge is 2.68. The topological polar surface area (TPSA) is 88.8 Å². The van der Waals surface area contributed by atoms with Gasteiger partial charge in [0.2, 0.25) is 0 Å². The van der Waals surface area contributed by atoms with Crippen LogP contribution in [0.3, 0.4) is 0 Å². The first-order chi connectivity index (χ1) is 19.5. The van der Waals surface area contributed by atoms with Gasteiger partial charge in [-0.25, -0.2) is 0 Å². The van der Waals surface area contributed by atoms with Crippen LogP contribution >= 0.6 is 11.8 Å². The number of esters is 1. The van der Waals surface area contributed by atoms with E-state index in [1.165, 1.54) is 11.8 Å². The van der Waals surface area contributed by atoms with Gasteiger partial charge in [0.05, 0.1) is 24.7 Å². The Hall–Kier alpha value is -2.35. The number of aliphatic hydroxyl groups excluding tert-OH is 1. The van der Waals surface area contributed by atoms with Crippen molar-refractivity contribution in [3.8, 4) is 0 Å². The predicted molar refractivity (Wildman–Crippen MR) is 161 cm³/mol. The van der Waals surface area contributed by atoms with Crippen molar-refractivity contribution in [2.24, 2.45) is 34.0 Å². The van der Waals surface area contributed by atoms with Crippen LogP contribution in [-0.2, 0) is 27.4 Å². The smallest absolute Gasteiger partial charge is 0.316 e. The maximum absolute atomic E-state index is 13.6. The SMILES string of the molecule is C=C[C@]1(C)C[C@@H](OC(=O)CSc2cccc(CNCc3ccco3)c2)[C@]2(C)C(C)CCC3(CCC(=O)C32)[C@@H](C)[C@@H]1O. The summed E-state index contributed by atoms with van der Waals surface area (Å²) in [5, 5.41) is 15.1. The van der Waals surface area contributed by atoms with Crippen LogP contribution in [0.4, 0.5) is 0 Å². The Morgan fingerprint density at radius 3 is 2.76 bits per heavy atom. The summed E-state index contributed by atoms with van der Waals surface area (Å²) in [4.78, 5) is 28.0. The van der Waals surface area contributed by atoms with Crippen molar-refractivity contribution in [1.82, 2.24) is 5.32 Å². The molecular weight excluding hydrogens is 534 g/mol. The van der Waals surface area contributed by atoms with Gasteiger partial charge in [0.25, 0.3) is 0 Å². The number of aliphatic hydroxyl groups is 1. The van der Waals surface area contributed by atoms with Crippen molar-refractivity contribution in [3.05, 3.63) is 66.6 Å². The monoisotopic (exact) mass is 579 g/mol. The zero-order valence-electron chi connectivity index (χ0n) is 24.9. The summed E-state index contributed by atoms with van der Waals surface area (Å²) in [6.07, 6.45) is 6.04. The molecule has 0 aliphatic heterocycles. The molecule has 2 N–H and O–H groups in total. The van der Waals surface area contributed by atoms with Gasteiger partial charge in [-0.05, 0) is 72.8 Å². The average Bonchev–Trinajstić information content (AvgIpc) is 3.61. The number of ketones is 1. The summed E-state index contributed by atoms with van der Waals surface area (Å²) in [6, 6.07) is 12.0. The number of thioether (sulfide) groups is 1. The Kier molecular flexibility index (Phi) is 8.62. The van der Waals surface area contributed by atoms with E-state index in [0.717, 1.165) is 35.5 Å². The van der Waals surface area contributed by atoms with Crippen LogP contribution < -0.4 is 5.32 Å². The quantitative estimate of drug-likeness (QED) is 0.197. The highest BCUT2D eigenvalue weighted by atomic mass is 32.2. The third kappa shape index (κ3) is 5.46. The van der Waals surface area contributed by atoms with Crippen LogP contribution in [0.5, 0.6) is 0 Å². The van der Waals surface area contributed by atoms with E-state index in [0.29, 0.717) is 25.9 Å². The number of Topliss-reactive ketones (excluding diaryl/α,β-unsaturated/α-hetero) is 1. The first-order valence-electron chi connectivity index (χ1n) is 15.0. The molecule has 0 saturated heterocycles. The molecule has 1 aromatic heterocycles. The van der Waals surface area contributed by atoms with E-state index in [9.17, 15) is 14.7 Å². The lowest BCUT2D eigenvalue weighted by atomic mass is 9.44. The van der Waals surface area contributed by atoms with Gasteiger partial charge in [0.15, 0.2) is 0 Å². The van der Waals surface area contributed by atoms with E-state index >= 15 is 0 Å². The lowest BCUT2D eigenvalue weighted by molar-refractivity contribution is -0.205. The van der Waals surface area contributed by atoms with Crippen LogP contribution in [0.15, 0.2) is 64.6 Å². The Balaban J connectivity index is 1.32. The molecule has 0 spiro atoms. The van der Waals surface area contributed by atoms with E-state index in [2.05, 4.69) is 44.8 Å². The molecule has 6 nitrogen and oxygen atoms in total. The third-order valence-corrected chi connectivity index (χ3v) is 12.0. The molecule has 0 amide bonds. The molecule has 0 radical (unpaired) electrons. The van der Waals surface area contributed by atoms with E-state index in [-0.39, 0.29) is 40.7 Å². The van der Waals surface area contributed by atoms with Gasteiger partial charge in [-0.2, -0.15) is 0 Å². The molecule has 5 rings (SSSR count). The summed E-state index contributed by atoms with van der Waals surface area (Å²) in [7, 11) is 0. The van der Waals surface area contributed by atoms with Crippen LogP contribution in [0.25, 0.3) is 0 Å². The second-order valence-electron chi connectivity index (χ2n) is 13.2. The van der Waals surface area contributed by atoms with Crippen molar-refractivity contribution in [2.75, 3.05) is 5.75 Å². The molecule has 7 heteroatoms. The van der Waals surface area contributed by atoms with Gasteiger partial charge in [0, 0.05) is 34.6 Å². The number of rotatable bonds is 9. The number of carbonyl (C=O) groups excluding carboxylic acids is 2. The van der Waals surface area contributed by atoms with Crippen LogP contribution in [0, 0.1) is 34.0 Å². The summed E-state index contributed by atoms with van der Waals surface area (Å²) in [5.74, 6) is 1.02. The minimum absolute atomic E-state index is 0.0400. The highest BCUT2D eigenvalue weighted by molar-refractivity contribution is 8.00. The van der Waals surface area contributed by atoms with Crippen molar-refractivity contribution < 1.29 is 23.8 Å². The zero-order valence-corrected chi connectivity index (χ0v) is 25.7. The second kappa shape index (κ2) is 11.7. The van der Waals surface area contributed by atoms with Crippen LogP contribution in [0.2, 0.25) is 0 Å². The van der Waals surface area contributed by atoms with Crippen molar-refractivity contribution in [3.63, 3.8) is 0 Å². The summed E-state index contributed by atoms with van der Waals surface area (Å²) >= 11 is 1.46.